The highest BCUT2D eigenvalue weighted by Gasteiger charge is 2.29. The second kappa shape index (κ2) is 9.42. The number of nitrogens with two attached hydrogens (primary N) is 1. The standard InChI is InChI=1S/C17H34N2O2/c1-4-15-9-8-13-19(14-10-15)12-7-6-11-17(3,18)16(20)21-5-2/h15H,4-14,18H2,1-3H3. The first-order chi connectivity index (χ1) is 9.99. The molecule has 0 aromatic heterocycles. The number of esters is 1. The van der Waals surface area contributed by atoms with Gasteiger partial charge in [0.15, 0.2) is 0 Å². The van der Waals surface area contributed by atoms with E-state index in [1.54, 1.807) is 6.92 Å². The lowest BCUT2D eigenvalue weighted by Crippen LogP contribution is -2.46. The summed E-state index contributed by atoms with van der Waals surface area (Å²) in [7, 11) is 0. The first-order valence-corrected chi connectivity index (χ1v) is 8.68. The van der Waals surface area contributed by atoms with Gasteiger partial charge in [-0.15, -0.1) is 0 Å². The zero-order valence-electron chi connectivity index (χ0n) is 14.2. The second-order valence-corrected chi connectivity index (χ2v) is 6.64. The van der Waals surface area contributed by atoms with Crippen molar-refractivity contribution in [3.63, 3.8) is 0 Å². The molecule has 124 valence electrons. The van der Waals surface area contributed by atoms with Crippen molar-refractivity contribution in [2.75, 3.05) is 26.2 Å². The van der Waals surface area contributed by atoms with Gasteiger partial charge in [-0.25, -0.2) is 0 Å². The molecule has 0 radical (unpaired) electrons. The van der Waals surface area contributed by atoms with E-state index in [9.17, 15) is 4.79 Å². The van der Waals surface area contributed by atoms with Crippen molar-refractivity contribution in [1.82, 2.24) is 4.90 Å². The Balaban J connectivity index is 2.20. The highest BCUT2D eigenvalue weighted by Crippen LogP contribution is 2.21. The monoisotopic (exact) mass is 298 g/mol. The van der Waals surface area contributed by atoms with E-state index in [1.165, 1.54) is 38.8 Å². The van der Waals surface area contributed by atoms with Crippen molar-refractivity contribution in [3.8, 4) is 0 Å². The summed E-state index contributed by atoms with van der Waals surface area (Å²) >= 11 is 0. The molecule has 0 saturated carbocycles. The fraction of sp³-hybridized carbons (Fsp3) is 0.941. The fourth-order valence-electron chi connectivity index (χ4n) is 3.08. The number of hydrogen-bond donors (Lipinski definition) is 1. The Morgan fingerprint density at radius 2 is 2.05 bits per heavy atom. The molecule has 0 aromatic rings. The minimum Gasteiger partial charge on any atom is -0.465 e. The molecule has 1 heterocycles. The first kappa shape index (κ1) is 18.4. The topological polar surface area (TPSA) is 55.6 Å². The van der Waals surface area contributed by atoms with Gasteiger partial charge in [0.1, 0.15) is 5.54 Å². The van der Waals surface area contributed by atoms with Gasteiger partial charge in [-0.1, -0.05) is 13.3 Å². The van der Waals surface area contributed by atoms with Gasteiger partial charge in [-0.2, -0.15) is 0 Å². The van der Waals surface area contributed by atoms with Crippen LogP contribution < -0.4 is 5.73 Å². The minimum absolute atomic E-state index is 0.273. The van der Waals surface area contributed by atoms with E-state index in [1.807, 2.05) is 6.92 Å². The first-order valence-electron chi connectivity index (χ1n) is 8.68. The quantitative estimate of drug-likeness (QED) is 0.553. The normalized spacial score (nSPS) is 23.3. The number of ether oxygens (including phenoxy) is 1. The van der Waals surface area contributed by atoms with Gasteiger partial charge >= 0.3 is 5.97 Å². The zero-order chi connectivity index (χ0) is 15.7. The minimum atomic E-state index is -0.831. The molecule has 4 nitrogen and oxygen atoms in total. The van der Waals surface area contributed by atoms with E-state index >= 15 is 0 Å². The van der Waals surface area contributed by atoms with E-state index in [0.29, 0.717) is 13.0 Å². The number of nitrogens with zero attached hydrogens (tertiary/aromatic N) is 1. The Labute approximate surface area is 130 Å². The molecular formula is C17H34N2O2. The number of unbranched alkanes of at least 4 members (excludes halogenated alkanes) is 1. The smallest absolute Gasteiger partial charge is 0.325 e. The summed E-state index contributed by atoms with van der Waals surface area (Å²) in [5.74, 6) is 0.650. The second-order valence-electron chi connectivity index (χ2n) is 6.64. The number of likely N-dealkylation sites (tertiary alicyclic amines) is 1. The average Bonchev–Trinajstić information content (AvgIpc) is 2.69. The Bertz CT molecular complexity index is 305. The van der Waals surface area contributed by atoms with Crippen LogP contribution in [0.5, 0.6) is 0 Å². The Morgan fingerprint density at radius 3 is 2.71 bits per heavy atom. The lowest BCUT2D eigenvalue weighted by atomic mass is 9.96. The van der Waals surface area contributed by atoms with E-state index < -0.39 is 5.54 Å². The van der Waals surface area contributed by atoms with Crippen LogP contribution in [0.4, 0.5) is 0 Å². The highest BCUT2D eigenvalue weighted by molar-refractivity contribution is 5.79. The van der Waals surface area contributed by atoms with Gasteiger partial charge in [0.25, 0.3) is 0 Å². The van der Waals surface area contributed by atoms with Crippen LogP contribution in [0.25, 0.3) is 0 Å². The maximum Gasteiger partial charge on any atom is 0.325 e. The third-order valence-corrected chi connectivity index (χ3v) is 4.68. The van der Waals surface area contributed by atoms with Crippen LogP contribution in [0, 0.1) is 5.92 Å². The van der Waals surface area contributed by atoms with Crippen LogP contribution >= 0.6 is 0 Å². The van der Waals surface area contributed by atoms with E-state index in [-0.39, 0.29) is 5.97 Å². The number of carbonyl (C=O) groups is 1. The number of hydrogen-bond acceptors (Lipinski definition) is 4. The molecule has 0 bridgehead atoms. The molecule has 1 aliphatic rings. The molecule has 2 N–H and O–H groups in total. The Morgan fingerprint density at radius 1 is 1.29 bits per heavy atom. The summed E-state index contributed by atoms with van der Waals surface area (Å²) in [5.41, 5.74) is 5.21. The van der Waals surface area contributed by atoms with Gasteiger partial charge < -0.3 is 15.4 Å². The molecule has 1 fully saturated rings. The largest absolute Gasteiger partial charge is 0.465 e. The SMILES string of the molecule is CCOC(=O)C(C)(N)CCCCN1CCCC(CC)CC1. The highest BCUT2D eigenvalue weighted by atomic mass is 16.5. The van der Waals surface area contributed by atoms with Gasteiger partial charge in [-0.05, 0) is 77.9 Å². The maximum atomic E-state index is 11.7. The molecule has 0 aliphatic carbocycles. The summed E-state index contributed by atoms with van der Waals surface area (Å²) in [6.45, 7) is 9.90. The van der Waals surface area contributed by atoms with Crippen molar-refractivity contribution in [2.45, 2.75) is 71.3 Å². The fourth-order valence-corrected chi connectivity index (χ4v) is 3.08. The summed E-state index contributed by atoms with van der Waals surface area (Å²) < 4.78 is 5.02. The van der Waals surface area contributed by atoms with Crippen LogP contribution in [0.15, 0.2) is 0 Å². The molecule has 1 rings (SSSR count). The third-order valence-electron chi connectivity index (χ3n) is 4.68. The maximum absolute atomic E-state index is 11.7. The number of rotatable bonds is 8. The molecule has 2 unspecified atom stereocenters. The van der Waals surface area contributed by atoms with E-state index in [0.717, 1.165) is 25.3 Å². The lowest BCUT2D eigenvalue weighted by Gasteiger charge is -2.23. The van der Waals surface area contributed by atoms with Crippen LogP contribution in [-0.4, -0.2) is 42.6 Å². The average molecular weight is 298 g/mol. The molecule has 1 saturated heterocycles. The molecule has 2 atom stereocenters. The van der Waals surface area contributed by atoms with Gasteiger partial charge in [0, 0.05) is 0 Å². The molecule has 0 amide bonds. The van der Waals surface area contributed by atoms with Crippen molar-refractivity contribution in [3.05, 3.63) is 0 Å². The predicted octanol–water partition coefficient (Wildman–Crippen LogP) is 2.95. The summed E-state index contributed by atoms with van der Waals surface area (Å²) in [6, 6.07) is 0. The van der Waals surface area contributed by atoms with Crippen LogP contribution in [0.1, 0.15) is 65.7 Å². The molecule has 0 spiro atoms. The van der Waals surface area contributed by atoms with Gasteiger partial charge in [0.2, 0.25) is 0 Å². The van der Waals surface area contributed by atoms with E-state index in [2.05, 4.69) is 11.8 Å². The van der Waals surface area contributed by atoms with Gasteiger partial charge in [0.05, 0.1) is 6.61 Å². The van der Waals surface area contributed by atoms with Crippen molar-refractivity contribution in [2.24, 2.45) is 11.7 Å². The molecule has 1 aliphatic heterocycles. The Hall–Kier alpha value is -0.610. The Kier molecular flexibility index (Phi) is 8.27. The molecule has 21 heavy (non-hydrogen) atoms. The summed E-state index contributed by atoms with van der Waals surface area (Å²) in [5, 5.41) is 0. The lowest BCUT2D eigenvalue weighted by molar-refractivity contribution is -0.149. The van der Waals surface area contributed by atoms with Crippen LogP contribution in [0.2, 0.25) is 0 Å². The molecular weight excluding hydrogens is 264 g/mol. The summed E-state index contributed by atoms with van der Waals surface area (Å²) in [4.78, 5) is 14.3. The predicted molar refractivity (Wildman–Crippen MR) is 87.1 cm³/mol. The van der Waals surface area contributed by atoms with Crippen LogP contribution in [-0.2, 0) is 9.53 Å². The van der Waals surface area contributed by atoms with E-state index in [4.69, 9.17) is 10.5 Å². The van der Waals surface area contributed by atoms with Crippen LogP contribution in [0.3, 0.4) is 0 Å². The summed E-state index contributed by atoms with van der Waals surface area (Å²) in [6.07, 6.45) is 8.18. The third kappa shape index (κ3) is 6.79. The number of carbonyl (C=O) groups excluding carboxylic acids is 1. The zero-order valence-corrected chi connectivity index (χ0v) is 14.2. The molecule has 0 aromatic carbocycles. The van der Waals surface area contributed by atoms with Crippen molar-refractivity contribution >= 4 is 5.97 Å². The van der Waals surface area contributed by atoms with Gasteiger partial charge in [-0.3, -0.25) is 4.79 Å². The van der Waals surface area contributed by atoms with Crippen molar-refractivity contribution < 1.29 is 9.53 Å². The molecule has 4 heteroatoms. The van der Waals surface area contributed by atoms with Crippen molar-refractivity contribution in [1.29, 1.82) is 0 Å².